The Morgan fingerprint density at radius 1 is 1.47 bits per heavy atom. The molecule has 1 unspecified atom stereocenters. The Bertz CT molecular complexity index is 634. The number of benzene rings is 1. The van der Waals surface area contributed by atoms with Gasteiger partial charge in [0, 0.05) is 18.1 Å². The first-order valence-electron chi connectivity index (χ1n) is 6.09. The van der Waals surface area contributed by atoms with Gasteiger partial charge in [0.1, 0.15) is 0 Å². The van der Waals surface area contributed by atoms with Crippen molar-refractivity contribution in [3.63, 3.8) is 0 Å². The minimum atomic E-state index is -0.405. The van der Waals surface area contributed by atoms with E-state index in [1.165, 1.54) is 6.07 Å². The number of fused-ring (bicyclic) bond motifs is 1. The molecule has 0 saturated carbocycles. The monoisotopic (exact) mass is 325 g/mol. The van der Waals surface area contributed by atoms with Gasteiger partial charge in [-0.1, -0.05) is 0 Å². The normalized spacial score (nSPS) is 19.7. The molecule has 1 aliphatic heterocycles. The van der Waals surface area contributed by atoms with Crippen LogP contribution < -0.4 is 0 Å². The SMILES string of the molecule is O=[N+]([O-])c1cc2cnn(C3CCCCO3)c2cc1Br. The molecule has 3 rings (SSSR count). The van der Waals surface area contributed by atoms with Gasteiger partial charge < -0.3 is 4.74 Å². The molecule has 1 saturated heterocycles. The molecule has 2 aromatic rings. The summed E-state index contributed by atoms with van der Waals surface area (Å²) in [6.45, 7) is 0.736. The topological polar surface area (TPSA) is 70.2 Å². The number of rotatable bonds is 2. The summed E-state index contributed by atoms with van der Waals surface area (Å²) in [5.41, 5.74) is 0.904. The Morgan fingerprint density at radius 3 is 3.00 bits per heavy atom. The van der Waals surface area contributed by atoms with Crippen LogP contribution in [0.4, 0.5) is 5.69 Å². The summed E-state index contributed by atoms with van der Waals surface area (Å²) in [5, 5.41) is 16.0. The van der Waals surface area contributed by atoms with Crippen LogP contribution in [0.3, 0.4) is 0 Å². The molecule has 0 aliphatic carbocycles. The lowest BCUT2D eigenvalue weighted by atomic mass is 10.2. The van der Waals surface area contributed by atoms with Crippen molar-refractivity contribution < 1.29 is 9.66 Å². The maximum Gasteiger partial charge on any atom is 0.284 e. The van der Waals surface area contributed by atoms with Gasteiger partial charge in [-0.25, -0.2) is 4.68 Å². The van der Waals surface area contributed by atoms with Crippen LogP contribution in [0, 0.1) is 10.1 Å². The number of ether oxygens (including phenoxy) is 1. The van der Waals surface area contributed by atoms with Crippen LogP contribution in [0.1, 0.15) is 25.5 Å². The summed E-state index contributed by atoms with van der Waals surface area (Å²) in [6, 6.07) is 3.27. The van der Waals surface area contributed by atoms with Crippen LogP contribution in [-0.2, 0) is 4.74 Å². The fourth-order valence-electron chi connectivity index (χ4n) is 2.34. The van der Waals surface area contributed by atoms with Crippen LogP contribution >= 0.6 is 15.9 Å². The average Bonchev–Trinajstić information content (AvgIpc) is 2.81. The molecule has 1 aromatic carbocycles. The van der Waals surface area contributed by atoms with Crippen molar-refractivity contribution in [1.82, 2.24) is 9.78 Å². The summed E-state index contributed by atoms with van der Waals surface area (Å²) in [6.07, 6.45) is 4.68. The summed E-state index contributed by atoms with van der Waals surface area (Å²) in [7, 11) is 0. The highest BCUT2D eigenvalue weighted by atomic mass is 79.9. The molecule has 1 fully saturated rings. The van der Waals surface area contributed by atoms with Crippen LogP contribution in [0.15, 0.2) is 22.8 Å². The van der Waals surface area contributed by atoms with Crippen molar-refractivity contribution in [3.8, 4) is 0 Å². The number of aromatic nitrogens is 2. The van der Waals surface area contributed by atoms with Crippen LogP contribution in [0.5, 0.6) is 0 Å². The van der Waals surface area contributed by atoms with E-state index < -0.39 is 4.92 Å². The molecule has 0 N–H and O–H groups in total. The van der Waals surface area contributed by atoms with Crippen molar-refractivity contribution in [2.24, 2.45) is 0 Å². The van der Waals surface area contributed by atoms with Gasteiger partial charge >= 0.3 is 0 Å². The van der Waals surface area contributed by atoms with E-state index in [9.17, 15) is 10.1 Å². The third-order valence-corrected chi connectivity index (χ3v) is 3.92. The number of halogens is 1. The Hall–Kier alpha value is -1.47. The van der Waals surface area contributed by atoms with E-state index in [4.69, 9.17) is 4.74 Å². The Balaban J connectivity index is 2.07. The first-order valence-corrected chi connectivity index (χ1v) is 6.89. The van der Waals surface area contributed by atoms with Gasteiger partial charge in [-0.05, 0) is 41.3 Å². The molecule has 100 valence electrons. The molecule has 7 heteroatoms. The number of hydrogen-bond donors (Lipinski definition) is 0. The van der Waals surface area contributed by atoms with E-state index in [2.05, 4.69) is 21.0 Å². The van der Waals surface area contributed by atoms with Crippen LogP contribution in [0.2, 0.25) is 0 Å². The summed E-state index contributed by atoms with van der Waals surface area (Å²) in [4.78, 5) is 10.5. The molecule has 1 atom stereocenters. The van der Waals surface area contributed by atoms with Crippen LogP contribution in [0.25, 0.3) is 10.9 Å². The van der Waals surface area contributed by atoms with Crippen molar-refractivity contribution in [2.45, 2.75) is 25.5 Å². The molecule has 0 bridgehead atoms. The molecule has 19 heavy (non-hydrogen) atoms. The maximum absolute atomic E-state index is 10.9. The smallest absolute Gasteiger partial charge is 0.284 e. The third kappa shape index (κ3) is 2.23. The molecular formula is C12H12BrN3O3. The van der Waals surface area contributed by atoms with Gasteiger partial charge in [0.05, 0.1) is 21.1 Å². The average molecular weight is 326 g/mol. The van der Waals surface area contributed by atoms with Crippen LogP contribution in [-0.4, -0.2) is 21.3 Å². The van der Waals surface area contributed by atoms with Gasteiger partial charge in [-0.3, -0.25) is 10.1 Å². The van der Waals surface area contributed by atoms with Gasteiger partial charge in [0.15, 0.2) is 6.23 Å². The Kier molecular flexibility index (Phi) is 3.24. The summed E-state index contributed by atoms with van der Waals surface area (Å²) >= 11 is 3.24. The molecule has 1 aromatic heterocycles. The largest absolute Gasteiger partial charge is 0.356 e. The number of hydrogen-bond acceptors (Lipinski definition) is 4. The fourth-order valence-corrected chi connectivity index (χ4v) is 2.82. The summed E-state index contributed by atoms with van der Waals surface area (Å²) < 4.78 is 7.97. The minimum absolute atomic E-state index is 0.0524. The highest BCUT2D eigenvalue weighted by molar-refractivity contribution is 9.10. The predicted octanol–water partition coefficient (Wildman–Crippen LogP) is 3.41. The van der Waals surface area contributed by atoms with E-state index >= 15 is 0 Å². The second kappa shape index (κ2) is 4.90. The standard InChI is InChI=1S/C12H12BrN3O3/c13-9-6-10-8(5-11(9)16(17)18)7-14-15(10)12-3-1-2-4-19-12/h5-7,12H,1-4H2. The van der Waals surface area contributed by atoms with Gasteiger partial charge in [0.25, 0.3) is 5.69 Å². The first kappa shape index (κ1) is 12.6. The highest BCUT2D eigenvalue weighted by Gasteiger charge is 2.21. The summed E-state index contributed by atoms with van der Waals surface area (Å²) in [5.74, 6) is 0. The van der Waals surface area contributed by atoms with Gasteiger partial charge in [0.2, 0.25) is 0 Å². The first-order chi connectivity index (χ1) is 9.16. The predicted molar refractivity (Wildman–Crippen MR) is 72.9 cm³/mol. The lowest BCUT2D eigenvalue weighted by Gasteiger charge is -2.23. The fraction of sp³-hybridized carbons (Fsp3) is 0.417. The zero-order valence-electron chi connectivity index (χ0n) is 10.1. The molecule has 1 aliphatic rings. The van der Waals surface area contributed by atoms with Gasteiger partial charge in [-0.15, -0.1) is 0 Å². The molecular weight excluding hydrogens is 314 g/mol. The quantitative estimate of drug-likeness (QED) is 0.626. The second-order valence-electron chi connectivity index (χ2n) is 4.53. The zero-order chi connectivity index (χ0) is 13.4. The van der Waals surface area contributed by atoms with Gasteiger partial charge in [-0.2, -0.15) is 5.10 Å². The lowest BCUT2D eigenvalue weighted by Crippen LogP contribution is -2.18. The molecule has 0 radical (unpaired) electrons. The molecule has 2 heterocycles. The number of nitrogens with zero attached hydrogens (tertiary/aromatic N) is 3. The van der Waals surface area contributed by atoms with E-state index in [0.29, 0.717) is 4.47 Å². The number of nitro benzene ring substituents is 1. The van der Waals surface area contributed by atoms with Crippen molar-refractivity contribution in [3.05, 3.63) is 32.9 Å². The van der Waals surface area contributed by atoms with E-state index in [0.717, 1.165) is 36.8 Å². The zero-order valence-corrected chi connectivity index (χ0v) is 11.7. The van der Waals surface area contributed by atoms with Crippen molar-refractivity contribution in [2.75, 3.05) is 6.61 Å². The van der Waals surface area contributed by atoms with Crippen molar-refractivity contribution in [1.29, 1.82) is 0 Å². The molecule has 6 nitrogen and oxygen atoms in total. The third-order valence-electron chi connectivity index (χ3n) is 3.29. The Labute approximate surface area is 117 Å². The highest BCUT2D eigenvalue weighted by Crippen LogP contribution is 2.32. The van der Waals surface area contributed by atoms with E-state index in [1.807, 2.05) is 4.68 Å². The Morgan fingerprint density at radius 2 is 2.32 bits per heavy atom. The van der Waals surface area contributed by atoms with E-state index in [-0.39, 0.29) is 11.9 Å². The molecule has 0 amide bonds. The lowest BCUT2D eigenvalue weighted by molar-refractivity contribution is -0.385. The maximum atomic E-state index is 10.9. The molecule has 0 spiro atoms. The van der Waals surface area contributed by atoms with Crippen molar-refractivity contribution >= 4 is 32.5 Å². The van der Waals surface area contributed by atoms with E-state index in [1.54, 1.807) is 12.3 Å². The minimum Gasteiger partial charge on any atom is -0.356 e. The second-order valence-corrected chi connectivity index (χ2v) is 5.38. The number of nitro groups is 1.